The minimum Gasteiger partial charge on any atom is -0.486 e. The molecule has 172 valence electrons. The molecule has 0 aliphatic heterocycles. The molecule has 2 amide bonds. The summed E-state index contributed by atoms with van der Waals surface area (Å²) < 4.78 is 5.69. The van der Waals surface area contributed by atoms with E-state index in [1.165, 1.54) is 16.9 Å². The Bertz CT molecular complexity index is 1270. The van der Waals surface area contributed by atoms with Crippen LogP contribution in [0.15, 0.2) is 72.8 Å². The number of amides is 2. The first-order valence-electron chi connectivity index (χ1n) is 10.7. The quantitative estimate of drug-likeness (QED) is 0.380. The van der Waals surface area contributed by atoms with E-state index in [1.54, 1.807) is 24.3 Å². The fourth-order valence-electron chi connectivity index (χ4n) is 3.06. The Labute approximate surface area is 201 Å². The van der Waals surface area contributed by atoms with E-state index in [0.717, 1.165) is 16.9 Å². The van der Waals surface area contributed by atoms with Crippen LogP contribution in [0.5, 0.6) is 5.75 Å². The van der Waals surface area contributed by atoms with Gasteiger partial charge in [-0.25, -0.2) is 0 Å². The monoisotopic (exact) mass is 472 g/mol. The van der Waals surface area contributed by atoms with E-state index in [9.17, 15) is 9.59 Å². The maximum absolute atomic E-state index is 12.5. The molecule has 0 saturated heterocycles. The molecule has 0 unspecified atom stereocenters. The van der Waals surface area contributed by atoms with Gasteiger partial charge in [-0.05, 0) is 55.8 Å². The number of aryl methyl sites for hydroxylation is 2. The van der Waals surface area contributed by atoms with Crippen molar-refractivity contribution in [3.63, 3.8) is 0 Å². The van der Waals surface area contributed by atoms with Crippen LogP contribution in [0, 0.1) is 13.8 Å². The minimum atomic E-state index is -0.365. The zero-order chi connectivity index (χ0) is 23.9. The summed E-state index contributed by atoms with van der Waals surface area (Å²) in [6.45, 7) is 4.72. The van der Waals surface area contributed by atoms with Crippen molar-refractivity contribution in [2.24, 2.45) is 0 Å². The summed E-state index contributed by atoms with van der Waals surface area (Å²) in [5, 5.41) is 14.5. The number of carbonyl (C=O) groups excluding carboxylic acids is 2. The highest BCUT2D eigenvalue weighted by Crippen LogP contribution is 2.18. The molecule has 0 saturated carbocycles. The van der Waals surface area contributed by atoms with E-state index in [0.29, 0.717) is 22.8 Å². The van der Waals surface area contributed by atoms with Crippen molar-refractivity contribution >= 4 is 28.8 Å². The summed E-state index contributed by atoms with van der Waals surface area (Å²) in [7, 11) is 0. The molecule has 4 rings (SSSR count). The van der Waals surface area contributed by atoms with Crippen LogP contribution in [-0.2, 0) is 13.2 Å². The number of ether oxygens (including phenoxy) is 1. The molecule has 3 aromatic carbocycles. The highest BCUT2D eigenvalue weighted by atomic mass is 32.1. The van der Waals surface area contributed by atoms with E-state index < -0.39 is 0 Å². The molecule has 4 aromatic rings. The summed E-state index contributed by atoms with van der Waals surface area (Å²) in [6.07, 6.45) is 0. The van der Waals surface area contributed by atoms with Crippen LogP contribution in [0.2, 0.25) is 0 Å². The Balaban J connectivity index is 1.28. The fraction of sp³-hybridized carbons (Fsp3) is 0.154. The maximum atomic E-state index is 12.5. The molecule has 8 heteroatoms. The van der Waals surface area contributed by atoms with Gasteiger partial charge >= 0.3 is 0 Å². The van der Waals surface area contributed by atoms with Gasteiger partial charge in [0, 0.05) is 17.8 Å². The van der Waals surface area contributed by atoms with E-state index >= 15 is 0 Å². The minimum absolute atomic E-state index is 0.180. The lowest BCUT2D eigenvalue weighted by Crippen LogP contribution is -2.22. The van der Waals surface area contributed by atoms with Gasteiger partial charge in [-0.15, -0.1) is 10.2 Å². The molecule has 2 N–H and O–H groups in total. The van der Waals surface area contributed by atoms with E-state index in [1.807, 2.05) is 62.4 Å². The second kappa shape index (κ2) is 10.7. The van der Waals surface area contributed by atoms with Gasteiger partial charge in [-0.1, -0.05) is 58.9 Å². The second-order valence-corrected chi connectivity index (χ2v) is 8.86. The molecule has 0 aliphatic rings. The van der Waals surface area contributed by atoms with Crippen LogP contribution in [0.1, 0.15) is 41.9 Å². The molecule has 0 atom stereocenters. The van der Waals surface area contributed by atoms with E-state index in [4.69, 9.17) is 4.74 Å². The third kappa shape index (κ3) is 6.26. The largest absolute Gasteiger partial charge is 0.486 e. The summed E-state index contributed by atoms with van der Waals surface area (Å²) >= 11 is 1.17. The second-order valence-electron chi connectivity index (χ2n) is 7.80. The lowest BCUT2D eigenvalue weighted by atomic mass is 10.1. The SMILES string of the molecule is Cc1ccc(CNC(=O)c2ccc(NC(=O)c3nnc(COc4ccc(C)cc4)s3)cc2)cc1. The van der Waals surface area contributed by atoms with Gasteiger partial charge in [0.15, 0.2) is 5.01 Å². The third-order valence-electron chi connectivity index (χ3n) is 5.02. The van der Waals surface area contributed by atoms with Crippen molar-refractivity contribution in [3.8, 4) is 5.75 Å². The number of benzene rings is 3. The number of carbonyl (C=O) groups is 2. The average molecular weight is 473 g/mol. The van der Waals surface area contributed by atoms with Crippen molar-refractivity contribution < 1.29 is 14.3 Å². The molecule has 0 bridgehead atoms. The number of nitrogens with one attached hydrogen (secondary N) is 2. The molecule has 0 fully saturated rings. The number of hydrogen-bond donors (Lipinski definition) is 2. The van der Waals surface area contributed by atoms with Crippen LogP contribution in [0.3, 0.4) is 0 Å². The number of hydrogen-bond acceptors (Lipinski definition) is 6. The first-order valence-corrected chi connectivity index (χ1v) is 11.5. The molecule has 7 nitrogen and oxygen atoms in total. The van der Waals surface area contributed by atoms with E-state index in [2.05, 4.69) is 20.8 Å². The van der Waals surface area contributed by atoms with Crippen LogP contribution in [0.25, 0.3) is 0 Å². The van der Waals surface area contributed by atoms with E-state index in [-0.39, 0.29) is 23.4 Å². The zero-order valence-corrected chi connectivity index (χ0v) is 19.7. The van der Waals surface area contributed by atoms with Crippen LogP contribution >= 0.6 is 11.3 Å². The lowest BCUT2D eigenvalue weighted by molar-refractivity contribution is 0.0950. The predicted molar refractivity (Wildman–Crippen MR) is 132 cm³/mol. The Morgan fingerprint density at radius 1 is 0.824 bits per heavy atom. The van der Waals surface area contributed by atoms with Gasteiger partial charge < -0.3 is 15.4 Å². The molecular formula is C26H24N4O3S. The van der Waals surface area contributed by atoms with Crippen molar-refractivity contribution in [3.05, 3.63) is 105 Å². The molecular weight excluding hydrogens is 448 g/mol. The van der Waals surface area contributed by atoms with Crippen molar-refractivity contribution in [1.29, 1.82) is 0 Å². The predicted octanol–water partition coefficient (Wildman–Crippen LogP) is 4.92. The van der Waals surface area contributed by atoms with Crippen molar-refractivity contribution in [2.45, 2.75) is 27.0 Å². The summed E-state index contributed by atoms with van der Waals surface area (Å²) in [6, 6.07) is 22.4. The number of nitrogens with zero attached hydrogens (tertiary/aromatic N) is 2. The molecule has 0 spiro atoms. The highest BCUT2D eigenvalue weighted by molar-refractivity contribution is 7.13. The zero-order valence-electron chi connectivity index (χ0n) is 18.9. The first kappa shape index (κ1) is 23.1. The molecule has 34 heavy (non-hydrogen) atoms. The van der Waals surface area contributed by atoms with Gasteiger partial charge in [0.2, 0.25) is 5.01 Å². The normalized spacial score (nSPS) is 10.5. The maximum Gasteiger partial charge on any atom is 0.286 e. The third-order valence-corrected chi connectivity index (χ3v) is 5.92. The summed E-state index contributed by atoms with van der Waals surface area (Å²) in [4.78, 5) is 24.9. The van der Waals surface area contributed by atoms with Crippen LogP contribution in [-0.4, -0.2) is 22.0 Å². The number of rotatable bonds is 8. The highest BCUT2D eigenvalue weighted by Gasteiger charge is 2.14. The molecule has 0 aliphatic carbocycles. The van der Waals surface area contributed by atoms with Crippen LogP contribution in [0.4, 0.5) is 5.69 Å². The van der Waals surface area contributed by atoms with Crippen LogP contribution < -0.4 is 15.4 Å². The average Bonchev–Trinajstić information content (AvgIpc) is 3.33. The molecule has 0 radical (unpaired) electrons. The topological polar surface area (TPSA) is 93.2 Å². The van der Waals surface area contributed by atoms with Gasteiger partial charge in [0.05, 0.1) is 0 Å². The standard InChI is InChI=1S/C26H24N4O3S/c1-17-3-7-19(8-4-17)15-27-24(31)20-9-11-21(12-10-20)28-25(32)26-30-29-23(34-26)16-33-22-13-5-18(2)6-14-22/h3-14H,15-16H2,1-2H3,(H,27,31)(H,28,32). The van der Waals surface area contributed by atoms with Gasteiger partial charge in [-0.2, -0.15) is 0 Å². The Morgan fingerprint density at radius 2 is 1.47 bits per heavy atom. The molecule has 1 heterocycles. The Hall–Kier alpha value is -4.04. The smallest absolute Gasteiger partial charge is 0.286 e. The van der Waals surface area contributed by atoms with Crippen molar-refractivity contribution in [1.82, 2.24) is 15.5 Å². The van der Waals surface area contributed by atoms with Gasteiger partial charge in [-0.3, -0.25) is 9.59 Å². The first-order chi connectivity index (χ1) is 16.5. The summed E-state index contributed by atoms with van der Waals surface area (Å²) in [5.41, 5.74) is 4.43. The summed E-state index contributed by atoms with van der Waals surface area (Å²) in [5.74, 6) is 0.186. The lowest BCUT2D eigenvalue weighted by Gasteiger charge is -2.07. The Morgan fingerprint density at radius 3 is 2.15 bits per heavy atom. The van der Waals surface area contributed by atoms with Crippen molar-refractivity contribution in [2.75, 3.05) is 5.32 Å². The van der Waals surface area contributed by atoms with Gasteiger partial charge in [0.1, 0.15) is 12.4 Å². The fourth-order valence-corrected chi connectivity index (χ4v) is 3.71. The number of aromatic nitrogens is 2. The van der Waals surface area contributed by atoms with Gasteiger partial charge in [0.25, 0.3) is 11.8 Å². The number of anilines is 1. The Kier molecular flexibility index (Phi) is 7.29. The molecule has 1 aromatic heterocycles.